The molecule has 5 nitrogen and oxygen atoms in total. The van der Waals surface area contributed by atoms with Crippen molar-refractivity contribution < 1.29 is 9.90 Å². The Balaban J connectivity index is 2.52. The molecule has 0 saturated heterocycles. The number of carboxylic acids is 1. The van der Waals surface area contributed by atoms with Crippen molar-refractivity contribution in [3.8, 4) is 0 Å². The van der Waals surface area contributed by atoms with Gasteiger partial charge in [0, 0.05) is 16.9 Å². The molecule has 0 amide bonds. The first-order valence-corrected chi connectivity index (χ1v) is 7.58. The van der Waals surface area contributed by atoms with E-state index in [1.54, 1.807) is 18.4 Å². The Hall–Kier alpha value is -1.65. The molecule has 1 atom stereocenters. The van der Waals surface area contributed by atoms with Gasteiger partial charge >= 0.3 is 11.7 Å². The molecule has 0 aliphatic heterocycles. The highest BCUT2D eigenvalue weighted by Crippen LogP contribution is 2.36. The third-order valence-corrected chi connectivity index (χ3v) is 4.82. The third-order valence-electron chi connectivity index (χ3n) is 4.82. The molecule has 116 valence electrons. The van der Waals surface area contributed by atoms with Crippen LogP contribution in [-0.2, 0) is 16.8 Å². The fourth-order valence-corrected chi connectivity index (χ4v) is 3.49. The third kappa shape index (κ3) is 2.87. The number of nitrogens with zero attached hydrogens (tertiary/aromatic N) is 2. The molecule has 1 heterocycles. The summed E-state index contributed by atoms with van der Waals surface area (Å²) in [4.78, 5) is 27.6. The summed E-state index contributed by atoms with van der Waals surface area (Å²) in [5, 5.41) is 9.12. The van der Waals surface area contributed by atoms with Crippen LogP contribution in [0.15, 0.2) is 4.79 Å². The highest BCUT2D eigenvalue weighted by atomic mass is 16.4. The summed E-state index contributed by atoms with van der Waals surface area (Å²) in [5.74, 6) is -1.30. The van der Waals surface area contributed by atoms with Gasteiger partial charge < -0.3 is 5.11 Å². The first kappa shape index (κ1) is 15.7. The molecule has 5 heteroatoms. The molecule has 0 radical (unpaired) electrons. The number of carbonyl (C=O) groups is 1. The molecule has 1 fully saturated rings. The van der Waals surface area contributed by atoms with E-state index < -0.39 is 11.9 Å². The molecule has 1 aromatic heterocycles. The Morgan fingerprint density at radius 2 is 1.95 bits per heavy atom. The van der Waals surface area contributed by atoms with Crippen LogP contribution in [0.3, 0.4) is 0 Å². The predicted molar refractivity (Wildman–Crippen MR) is 80.6 cm³/mol. The minimum atomic E-state index is -0.821. The maximum Gasteiger partial charge on any atom is 0.348 e. The molecule has 0 spiro atoms. The Labute approximate surface area is 125 Å². The number of aromatic nitrogens is 2. The molecule has 0 bridgehead atoms. The minimum Gasteiger partial charge on any atom is -0.481 e. The highest BCUT2D eigenvalue weighted by molar-refractivity contribution is 5.70. The van der Waals surface area contributed by atoms with E-state index in [2.05, 4.69) is 11.9 Å². The standard InChI is InChI=1S/C16H24N2O3/c1-10(14(19)20)9-13-11(2)17-15(21)18(12(13)3)16(4)7-5-6-8-16/h10H,5-9H2,1-4H3,(H,19,20). The molecule has 1 aliphatic carbocycles. The first-order chi connectivity index (χ1) is 9.76. The Morgan fingerprint density at radius 1 is 1.38 bits per heavy atom. The predicted octanol–water partition coefficient (Wildman–Crippen LogP) is 2.41. The van der Waals surface area contributed by atoms with Crippen LogP contribution in [0.5, 0.6) is 0 Å². The summed E-state index contributed by atoms with van der Waals surface area (Å²) in [6, 6.07) is 0. The molecule has 1 unspecified atom stereocenters. The minimum absolute atomic E-state index is 0.178. The summed E-state index contributed by atoms with van der Waals surface area (Å²) < 4.78 is 1.80. The van der Waals surface area contributed by atoms with E-state index in [0.29, 0.717) is 12.1 Å². The van der Waals surface area contributed by atoms with Gasteiger partial charge in [0.2, 0.25) is 0 Å². The van der Waals surface area contributed by atoms with Crippen LogP contribution in [0.1, 0.15) is 56.5 Å². The summed E-state index contributed by atoms with van der Waals surface area (Å²) in [5.41, 5.74) is 2.05. The van der Waals surface area contributed by atoms with Gasteiger partial charge in [-0.1, -0.05) is 19.8 Å². The molecular weight excluding hydrogens is 268 g/mol. The van der Waals surface area contributed by atoms with Gasteiger partial charge in [0.25, 0.3) is 0 Å². The lowest BCUT2D eigenvalue weighted by Crippen LogP contribution is -2.40. The van der Waals surface area contributed by atoms with Crippen molar-refractivity contribution in [1.82, 2.24) is 9.55 Å². The summed E-state index contributed by atoms with van der Waals surface area (Å²) >= 11 is 0. The van der Waals surface area contributed by atoms with E-state index in [1.807, 2.05) is 6.92 Å². The normalized spacial score (nSPS) is 18.7. The van der Waals surface area contributed by atoms with E-state index >= 15 is 0 Å². The van der Waals surface area contributed by atoms with Gasteiger partial charge in [0.05, 0.1) is 5.92 Å². The highest BCUT2D eigenvalue weighted by Gasteiger charge is 2.34. The van der Waals surface area contributed by atoms with E-state index in [4.69, 9.17) is 5.11 Å². The molecule has 1 aromatic rings. The van der Waals surface area contributed by atoms with E-state index in [0.717, 1.165) is 36.9 Å². The fraction of sp³-hybridized carbons (Fsp3) is 0.688. The average molecular weight is 292 g/mol. The number of carboxylic acid groups (broad SMARTS) is 1. The Bertz CT molecular complexity index is 613. The van der Waals surface area contributed by atoms with E-state index in [1.165, 1.54) is 0 Å². The van der Waals surface area contributed by atoms with Gasteiger partial charge in [-0.2, -0.15) is 4.98 Å². The number of hydrogen-bond donors (Lipinski definition) is 1. The van der Waals surface area contributed by atoms with Gasteiger partial charge in [-0.15, -0.1) is 0 Å². The van der Waals surface area contributed by atoms with Crippen LogP contribution in [-0.4, -0.2) is 20.6 Å². The monoisotopic (exact) mass is 292 g/mol. The molecular formula is C16H24N2O3. The van der Waals surface area contributed by atoms with Crippen LogP contribution in [0.25, 0.3) is 0 Å². The van der Waals surface area contributed by atoms with Gasteiger partial charge in [-0.3, -0.25) is 9.36 Å². The van der Waals surface area contributed by atoms with Gasteiger partial charge in [-0.25, -0.2) is 4.79 Å². The van der Waals surface area contributed by atoms with E-state index in [-0.39, 0.29) is 11.2 Å². The smallest absolute Gasteiger partial charge is 0.348 e. The number of aliphatic carboxylic acids is 1. The van der Waals surface area contributed by atoms with Crippen LogP contribution >= 0.6 is 0 Å². The lowest BCUT2D eigenvalue weighted by atomic mass is 9.95. The van der Waals surface area contributed by atoms with Crippen molar-refractivity contribution in [3.63, 3.8) is 0 Å². The zero-order valence-corrected chi connectivity index (χ0v) is 13.3. The second-order valence-electron chi connectivity index (χ2n) is 6.53. The summed E-state index contributed by atoms with van der Waals surface area (Å²) in [6.45, 7) is 7.51. The Morgan fingerprint density at radius 3 is 2.48 bits per heavy atom. The summed E-state index contributed by atoms with van der Waals surface area (Å²) in [6.07, 6.45) is 4.61. The van der Waals surface area contributed by atoms with Gasteiger partial charge in [0.15, 0.2) is 0 Å². The van der Waals surface area contributed by atoms with Crippen LogP contribution < -0.4 is 5.69 Å². The fourth-order valence-electron chi connectivity index (χ4n) is 3.49. The van der Waals surface area contributed by atoms with Crippen molar-refractivity contribution in [2.45, 2.75) is 65.3 Å². The maximum atomic E-state index is 12.4. The van der Waals surface area contributed by atoms with Gasteiger partial charge in [0.1, 0.15) is 0 Å². The summed E-state index contributed by atoms with van der Waals surface area (Å²) in [7, 11) is 0. The molecule has 1 N–H and O–H groups in total. The van der Waals surface area contributed by atoms with Crippen molar-refractivity contribution in [3.05, 3.63) is 27.4 Å². The Kier molecular flexibility index (Phi) is 4.21. The van der Waals surface area contributed by atoms with Crippen molar-refractivity contribution in [2.75, 3.05) is 0 Å². The van der Waals surface area contributed by atoms with Crippen molar-refractivity contribution >= 4 is 5.97 Å². The largest absolute Gasteiger partial charge is 0.481 e. The number of aryl methyl sites for hydroxylation is 1. The SMILES string of the molecule is Cc1nc(=O)n(C2(C)CCCC2)c(C)c1CC(C)C(=O)O. The van der Waals surface area contributed by atoms with Crippen molar-refractivity contribution in [2.24, 2.45) is 5.92 Å². The lowest BCUT2D eigenvalue weighted by molar-refractivity contribution is -0.141. The topological polar surface area (TPSA) is 72.2 Å². The van der Waals surface area contributed by atoms with Crippen LogP contribution in [0.4, 0.5) is 0 Å². The quantitative estimate of drug-likeness (QED) is 0.925. The van der Waals surface area contributed by atoms with E-state index in [9.17, 15) is 9.59 Å². The number of hydrogen-bond acceptors (Lipinski definition) is 3. The zero-order chi connectivity index (χ0) is 15.8. The lowest BCUT2D eigenvalue weighted by Gasteiger charge is -2.30. The molecule has 1 aliphatic rings. The first-order valence-electron chi connectivity index (χ1n) is 7.58. The molecule has 21 heavy (non-hydrogen) atoms. The maximum absolute atomic E-state index is 12.4. The molecule has 0 aromatic carbocycles. The second-order valence-corrected chi connectivity index (χ2v) is 6.53. The zero-order valence-electron chi connectivity index (χ0n) is 13.3. The number of rotatable bonds is 4. The van der Waals surface area contributed by atoms with Gasteiger partial charge in [-0.05, 0) is 45.6 Å². The molecule has 2 rings (SSSR count). The van der Waals surface area contributed by atoms with Crippen LogP contribution in [0, 0.1) is 19.8 Å². The second kappa shape index (κ2) is 5.62. The van der Waals surface area contributed by atoms with Crippen molar-refractivity contribution in [1.29, 1.82) is 0 Å². The van der Waals surface area contributed by atoms with Crippen LogP contribution in [0.2, 0.25) is 0 Å². The average Bonchev–Trinajstić information content (AvgIpc) is 2.81. The molecule has 1 saturated carbocycles.